The summed E-state index contributed by atoms with van der Waals surface area (Å²) >= 11 is 0. The Balaban J connectivity index is 1.37. The fraction of sp³-hybridized carbons (Fsp3) is 0.542. The number of aliphatic hydroxyl groups excluding tert-OH is 1. The first kappa shape index (κ1) is 18.6. The number of rotatable bonds is 3. The topological polar surface area (TPSA) is 36.4 Å². The SMILES string of the molecule is Cc1ccccc1[C@@H]1CCN(C[C@@H]2CCc3cccnc3[C@@H](O)C2)C[C@H]1C. The number of nitrogens with zero attached hydrogens (tertiary/aromatic N) is 2. The van der Waals surface area contributed by atoms with E-state index < -0.39 is 6.10 Å². The van der Waals surface area contributed by atoms with Gasteiger partial charge in [0, 0.05) is 19.3 Å². The lowest BCUT2D eigenvalue weighted by Crippen LogP contribution is -2.41. The third-order valence-corrected chi connectivity index (χ3v) is 6.71. The predicted molar refractivity (Wildman–Crippen MR) is 110 cm³/mol. The van der Waals surface area contributed by atoms with Crippen LogP contribution in [0.4, 0.5) is 0 Å². The molecule has 1 aliphatic carbocycles. The molecule has 3 heteroatoms. The number of aromatic nitrogens is 1. The van der Waals surface area contributed by atoms with Crippen molar-refractivity contribution in [1.82, 2.24) is 9.88 Å². The van der Waals surface area contributed by atoms with Gasteiger partial charge in [-0.2, -0.15) is 0 Å². The van der Waals surface area contributed by atoms with Gasteiger partial charge < -0.3 is 10.0 Å². The predicted octanol–water partition coefficient (Wildman–Crippen LogP) is 4.50. The van der Waals surface area contributed by atoms with Crippen molar-refractivity contribution >= 4 is 0 Å². The normalized spacial score (nSPS) is 29.1. The summed E-state index contributed by atoms with van der Waals surface area (Å²) in [7, 11) is 0. The number of likely N-dealkylation sites (tertiary alicyclic amines) is 1. The molecule has 1 N–H and O–H groups in total. The number of fused-ring (bicyclic) bond motifs is 1. The second kappa shape index (κ2) is 8.12. The summed E-state index contributed by atoms with van der Waals surface area (Å²) in [5, 5.41) is 10.6. The summed E-state index contributed by atoms with van der Waals surface area (Å²) < 4.78 is 0. The fourth-order valence-electron chi connectivity index (χ4n) is 5.26. The van der Waals surface area contributed by atoms with Gasteiger partial charge in [-0.3, -0.25) is 4.98 Å². The maximum atomic E-state index is 10.6. The molecule has 1 aromatic heterocycles. The van der Waals surface area contributed by atoms with Crippen molar-refractivity contribution in [3.8, 4) is 0 Å². The molecule has 0 radical (unpaired) electrons. The average molecular weight is 365 g/mol. The van der Waals surface area contributed by atoms with Crippen LogP contribution in [0.1, 0.15) is 60.6 Å². The van der Waals surface area contributed by atoms with Crippen LogP contribution in [-0.2, 0) is 6.42 Å². The smallest absolute Gasteiger partial charge is 0.0965 e. The van der Waals surface area contributed by atoms with Crippen molar-refractivity contribution in [1.29, 1.82) is 0 Å². The number of hydrogen-bond donors (Lipinski definition) is 1. The molecule has 3 nitrogen and oxygen atoms in total. The van der Waals surface area contributed by atoms with E-state index in [1.807, 2.05) is 6.07 Å². The Hall–Kier alpha value is -1.71. The molecular weight excluding hydrogens is 332 g/mol. The van der Waals surface area contributed by atoms with Crippen LogP contribution >= 0.6 is 0 Å². The molecule has 144 valence electrons. The van der Waals surface area contributed by atoms with Gasteiger partial charge in [0.25, 0.3) is 0 Å². The molecule has 1 saturated heterocycles. The van der Waals surface area contributed by atoms with E-state index in [9.17, 15) is 5.11 Å². The van der Waals surface area contributed by atoms with E-state index in [1.165, 1.54) is 29.7 Å². The molecule has 0 saturated carbocycles. The van der Waals surface area contributed by atoms with Gasteiger partial charge >= 0.3 is 0 Å². The summed E-state index contributed by atoms with van der Waals surface area (Å²) in [5.41, 5.74) is 5.11. The minimum absolute atomic E-state index is 0.407. The molecule has 1 fully saturated rings. The highest BCUT2D eigenvalue weighted by atomic mass is 16.3. The molecule has 0 spiro atoms. The summed E-state index contributed by atoms with van der Waals surface area (Å²) in [5.74, 6) is 1.90. The lowest BCUT2D eigenvalue weighted by molar-refractivity contribution is 0.101. The van der Waals surface area contributed by atoms with Crippen LogP contribution < -0.4 is 0 Å². The summed E-state index contributed by atoms with van der Waals surface area (Å²) in [6.45, 7) is 8.09. The minimum Gasteiger partial charge on any atom is -0.387 e. The van der Waals surface area contributed by atoms with Crippen LogP contribution in [0, 0.1) is 18.8 Å². The first-order valence-corrected chi connectivity index (χ1v) is 10.5. The number of aliphatic hydroxyl groups is 1. The van der Waals surface area contributed by atoms with E-state index in [0.29, 0.717) is 17.8 Å². The Kier molecular flexibility index (Phi) is 5.60. The van der Waals surface area contributed by atoms with E-state index >= 15 is 0 Å². The van der Waals surface area contributed by atoms with Gasteiger partial charge in [-0.15, -0.1) is 0 Å². The standard InChI is InChI=1S/C24H32N2O/c1-17-6-3-4-8-21(17)22-11-13-26(15-18(22)2)16-19-9-10-20-7-5-12-25-24(20)23(27)14-19/h3-8,12,18-19,22-23,27H,9-11,13-16H2,1-2H3/t18-,19-,22-,23+/m1/s1. The van der Waals surface area contributed by atoms with E-state index in [4.69, 9.17) is 0 Å². The van der Waals surface area contributed by atoms with Gasteiger partial charge in [-0.25, -0.2) is 0 Å². The van der Waals surface area contributed by atoms with Gasteiger partial charge in [-0.1, -0.05) is 37.3 Å². The largest absolute Gasteiger partial charge is 0.387 e. The lowest BCUT2D eigenvalue weighted by atomic mass is 9.79. The Morgan fingerprint density at radius 1 is 1.15 bits per heavy atom. The van der Waals surface area contributed by atoms with Gasteiger partial charge in [0.15, 0.2) is 0 Å². The Labute approximate surface area is 163 Å². The third kappa shape index (κ3) is 4.09. The molecule has 0 unspecified atom stereocenters. The molecule has 1 aliphatic heterocycles. The second-order valence-electron chi connectivity index (χ2n) is 8.69. The van der Waals surface area contributed by atoms with E-state index in [1.54, 1.807) is 6.20 Å². The number of piperidine rings is 1. The van der Waals surface area contributed by atoms with Crippen molar-refractivity contribution in [3.63, 3.8) is 0 Å². The van der Waals surface area contributed by atoms with E-state index in [-0.39, 0.29) is 0 Å². The monoisotopic (exact) mass is 364 g/mol. The number of pyridine rings is 1. The van der Waals surface area contributed by atoms with Gasteiger partial charge in [0.2, 0.25) is 0 Å². The van der Waals surface area contributed by atoms with Crippen molar-refractivity contribution in [3.05, 3.63) is 65.0 Å². The summed E-state index contributed by atoms with van der Waals surface area (Å²) in [4.78, 5) is 7.08. The van der Waals surface area contributed by atoms with Crippen molar-refractivity contribution in [2.45, 2.75) is 51.6 Å². The van der Waals surface area contributed by atoms with Crippen molar-refractivity contribution in [2.24, 2.45) is 11.8 Å². The van der Waals surface area contributed by atoms with Crippen molar-refractivity contribution < 1.29 is 5.11 Å². The number of benzene rings is 1. The van der Waals surface area contributed by atoms with Crippen LogP contribution in [0.25, 0.3) is 0 Å². The highest BCUT2D eigenvalue weighted by molar-refractivity contribution is 5.30. The lowest BCUT2D eigenvalue weighted by Gasteiger charge is -2.39. The van der Waals surface area contributed by atoms with Crippen LogP contribution in [0.3, 0.4) is 0 Å². The molecule has 2 heterocycles. The quantitative estimate of drug-likeness (QED) is 0.815. The molecule has 0 amide bonds. The zero-order valence-corrected chi connectivity index (χ0v) is 16.6. The highest BCUT2D eigenvalue weighted by Crippen LogP contribution is 2.36. The average Bonchev–Trinajstić information content (AvgIpc) is 2.82. The molecule has 4 atom stereocenters. The molecule has 4 rings (SSSR count). The van der Waals surface area contributed by atoms with Crippen LogP contribution in [0.15, 0.2) is 42.6 Å². The van der Waals surface area contributed by atoms with E-state index in [2.05, 4.69) is 54.1 Å². The molecule has 27 heavy (non-hydrogen) atoms. The fourth-order valence-corrected chi connectivity index (χ4v) is 5.26. The molecule has 1 aromatic carbocycles. The maximum Gasteiger partial charge on any atom is 0.0965 e. The van der Waals surface area contributed by atoms with Gasteiger partial charge in [-0.05, 0) is 79.7 Å². The Bertz CT molecular complexity index is 774. The van der Waals surface area contributed by atoms with Gasteiger partial charge in [0.05, 0.1) is 11.8 Å². The highest BCUT2D eigenvalue weighted by Gasteiger charge is 2.31. The zero-order chi connectivity index (χ0) is 18.8. The van der Waals surface area contributed by atoms with Crippen LogP contribution in [-0.4, -0.2) is 34.6 Å². The van der Waals surface area contributed by atoms with Crippen LogP contribution in [0.5, 0.6) is 0 Å². The minimum atomic E-state index is -0.407. The van der Waals surface area contributed by atoms with E-state index in [0.717, 1.165) is 38.0 Å². The molecule has 2 aromatic rings. The second-order valence-corrected chi connectivity index (χ2v) is 8.69. The summed E-state index contributed by atoms with van der Waals surface area (Å²) in [6.07, 6.45) is 5.68. The number of aryl methyl sites for hydroxylation is 2. The maximum absolute atomic E-state index is 10.6. The Morgan fingerprint density at radius 3 is 2.81 bits per heavy atom. The molecule has 2 aliphatic rings. The van der Waals surface area contributed by atoms with Gasteiger partial charge in [0.1, 0.15) is 0 Å². The van der Waals surface area contributed by atoms with Crippen molar-refractivity contribution in [2.75, 3.05) is 19.6 Å². The molecule has 0 bridgehead atoms. The third-order valence-electron chi connectivity index (χ3n) is 6.71. The number of hydrogen-bond acceptors (Lipinski definition) is 3. The zero-order valence-electron chi connectivity index (χ0n) is 16.6. The first-order chi connectivity index (χ1) is 13.1. The molecular formula is C24H32N2O. The summed E-state index contributed by atoms with van der Waals surface area (Å²) in [6, 6.07) is 13.0. The Morgan fingerprint density at radius 2 is 2.00 bits per heavy atom. The first-order valence-electron chi connectivity index (χ1n) is 10.5. The van der Waals surface area contributed by atoms with Crippen LogP contribution in [0.2, 0.25) is 0 Å².